The van der Waals surface area contributed by atoms with Gasteiger partial charge in [-0.3, -0.25) is 14.4 Å². The predicted octanol–water partition coefficient (Wildman–Crippen LogP) is 4.34. The lowest BCUT2D eigenvalue weighted by atomic mass is 9.62. The molecular formula is C35H49N3O6. The maximum absolute atomic E-state index is 14.7. The Morgan fingerprint density at radius 1 is 1.11 bits per heavy atom. The lowest BCUT2D eigenvalue weighted by molar-refractivity contribution is -0.154. The van der Waals surface area contributed by atoms with E-state index in [-0.39, 0.29) is 49.4 Å². The maximum Gasteiger partial charge on any atom is 0.248 e. The molecule has 1 N–H and O–H groups in total. The zero-order valence-corrected chi connectivity index (χ0v) is 26.6. The lowest BCUT2D eigenvalue weighted by Crippen LogP contribution is -2.58. The number of nitrogens with zero attached hydrogens (tertiary/aromatic N) is 3. The molecule has 9 heteroatoms. The number of rotatable bonds is 13. The molecule has 1 aliphatic carbocycles. The van der Waals surface area contributed by atoms with Crippen LogP contribution in [0, 0.1) is 17.8 Å². The maximum atomic E-state index is 14.7. The largest absolute Gasteiger partial charge is 0.494 e. The molecular weight excluding hydrogens is 558 g/mol. The topological polar surface area (TPSA) is 99.6 Å². The van der Waals surface area contributed by atoms with Crippen LogP contribution >= 0.6 is 0 Å². The summed E-state index contributed by atoms with van der Waals surface area (Å²) < 4.78 is 12.6. The summed E-state index contributed by atoms with van der Waals surface area (Å²) in [4.78, 5) is 49.1. The first-order valence-electron chi connectivity index (χ1n) is 16.4. The van der Waals surface area contributed by atoms with Gasteiger partial charge in [0, 0.05) is 38.0 Å². The third-order valence-corrected chi connectivity index (χ3v) is 10.5. The van der Waals surface area contributed by atoms with Gasteiger partial charge in [0.1, 0.15) is 17.4 Å². The molecule has 3 unspecified atom stereocenters. The second-order valence-electron chi connectivity index (χ2n) is 13.0. The highest BCUT2D eigenvalue weighted by Crippen LogP contribution is 2.65. The van der Waals surface area contributed by atoms with Crippen LogP contribution in [-0.2, 0) is 19.1 Å². The van der Waals surface area contributed by atoms with Gasteiger partial charge in [-0.1, -0.05) is 38.3 Å². The van der Waals surface area contributed by atoms with Gasteiger partial charge in [-0.25, -0.2) is 0 Å². The molecule has 1 aromatic rings. The molecule has 1 spiro atoms. The summed E-state index contributed by atoms with van der Waals surface area (Å²) in [6.45, 7) is 15.0. The predicted molar refractivity (Wildman–Crippen MR) is 169 cm³/mol. The Balaban J connectivity index is 1.56. The van der Waals surface area contributed by atoms with Crippen molar-refractivity contribution in [2.45, 2.75) is 89.0 Å². The monoisotopic (exact) mass is 607 g/mol. The van der Waals surface area contributed by atoms with E-state index in [1.165, 1.54) is 0 Å². The van der Waals surface area contributed by atoms with Crippen LogP contribution in [0.25, 0.3) is 0 Å². The van der Waals surface area contributed by atoms with Crippen LogP contribution in [0.4, 0.5) is 5.69 Å². The smallest absolute Gasteiger partial charge is 0.248 e. The molecule has 6 atom stereocenters. The first kappa shape index (κ1) is 32.2. The Bertz CT molecular complexity index is 1250. The molecule has 3 heterocycles. The number of aliphatic hydroxyl groups is 1. The Hall–Kier alpha value is -3.17. The van der Waals surface area contributed by atoms with Crippen molar-refractivity contribution in [3.05, 3.63) is 49.6 Å². The zero-order chi connectivity index (χ0) is 31.6. The molecule has 1 aromatic carbocycles. The van der Waals surface area contributed by atoms with E-state index in [9.17, 15) is 19.5 Å². The van der Waals surface area contributed by atoms with Crippen molar-refractivity contribution >= 4 is 23.4 Å². The number of fused-ring (bicyclic) bond motifs is 1. The van der Waals surface area contributed by atoms with Gasteiger partial charge in [-0.05, 0) is 69.7 Å². The molecule has 0 aromatic heterocycles. The lowest BCUT2D eigenvalue weighted by Gasteiger charge is -2.41. The molecule has 4 fully saturated rings. The summed E-state index contributed by atoms with van der Waals surface area (Å²) in [5.74, 6) is -1.55. The molecule has 44 heavy (non-hydrogen) atoms. The quantitative estimate of drug-likeness (QED) is 0.335. The number of hydrogen-bond acceptors (Lipinski definition) is 6. The highest BCUT2D eigenvalue weighted by atomic mass is 16.5. The number of ether oxygens (including phenoxy) is 2. The van der Waals surface area contributed by atoms with E-state index in [0.29, 0.717) is 37.4 Å². The number of likely N-dealkylation sites (tertiary alicyclic amines) is 1. The molecule has 4 aliphatic rings. The SMILES string of the molecule is C=CCN(C(=O)[C@@H]1[C@H]2C(=O)N(CCCO)C(C(=O)N(CC=C)C3CCCCC3)C23CC(C)[C@@]1(C)O3)c1ccc(OCC)cc1. The van der Waals surface area contributed by atoms with Crippen LogP contribution in [0.3, 0.4) is 0 Å². The van der Waals surface area contributed by atoms with E-state index in [2.05, 4.69) is 20.1 Å². The highest BCUT2D eigenvalue weighted by Gasteiger charge is 2.80. The van der Waals surface area contributed by atoms with Gasteiger partial charge in [0.15, 0.2) is 0 Å². The summed E-state index contributed by atoms with van der Waals surface area (Å²) in [6, 6.07) is 6.55. The molecule has 1 saturated carbocycles. The third-order valence-electron chi connectivity index (χ3n) is 10.5. The Morgan fingerprint density at radius 2 is 1.80 bits per heavy atom. The first-order valence-corrected chi connectivity index (χ1v) is 16.4. The standard InChI is InChI=1S/C35H49N3O6/c1-6-19-36(26-15-17-27(18-16-26)43-8-3)31(40)28-29-32(41)38(21-12-22-39)30(35(29)23-24(4)34(28,5)44-35)33(42)37(20-7-2)25-13-10-9-11-14-25/h6-7,15-18,24-25,28-30,39H,1-2,8-14,19-23H2,3-5H3/t24?,28-,29-,30?,34+,35?/m0/s1. The minimum Gasteiger partial charge on any atom is -0.494 e. The van der Waals surface area contributed by atoms with Crippen molar-refractivity contribution < 1.29 is 29.0 Å². The molecule has 0 radical (unpaired) electrons. The number of anilines is 1. The van der Waals surface area contributed by atoms with Gasteiger partial charge in [0.05, 0.1) is 24.0 Å². The number of aliphatic hydroxyl groups excluding tert-OH is 1. The summed E-state index contributed by atoms with van der Waals surface area (Å²) in [7, 11) is 0. The summed E-state index contributed by atoms with van der Waals surface area (Å²) in [6.07, 6.45) is 9.39. The molecule has 9 nitrogen and oxygen atoms in total. The second kappa shape index (κ2) is 13.1. The molecule has 240 valence electrons. The Morgan fingerprint density at radius 3 is 2.41 bits per heavy atom. The van der Waals surface area contributed by atoms with Crippen molar-refractivity contribution in [2.24, 2.45) is 17.8 Å². The number of hydrogen-bond donors (Lipinski definition) is 1. The van der Waals surface area contributed by atoms with E-state index in [4.69, 9.17) is 9.47 Å². The average Bonchev–Trinajstić information content (AvgIpc) is 3.54. The molecule has 5 rings (SSSR count). The third kappa shape index (κ3) is 5.26. The molecule has 2 bridgehead atoms. The fraction of sp³-hybridized carbons (Fsp3) is 0.629. The van der Waals surface area contributed by atoms with E-state index in [0.717, 1.165) is 32.1 Å². The van der Waals surface area contributed by atoms with Crippen LogP contribution in [0.2, 0.25) is 0 Å². The van der Waals surface area contributed by atoms with Gasteiger partial charge in [0.25, 0.3) is 0 Å². The number of carbonyl (C=O) groups excluding carboxylic acids is 3. The van der Waals surface area contributed by atoms with E-state index < -0.39 is 29.1 Å². The molecule has 3 aliphatic heterocycles. The minimum absolute atomic E-state index is 0.0676. The van der Waals surface area contributed by atoms with Gasteiger partial charge >= 0.3 is 0 Å². The summed E-state index contributed by atoms with van der Waals surface area (Å²) in [5.41, 5.74) is -1.39. The summed E-state index contributed by atoms with van der Waals surface area (Å²) >= 11 is 0. The highest BCUT2D eigenvalue weighted by molar-refractivity contribution is 6.03. The number of benzene rings is 1. The minimum atomic E-state index is -1.13. The van der Waals surface area contributed by atoms with Gasteiger partial charge in [-0.15, -0.1) is 13.2 Å². The van der Waals surface area contributed by atoms with Crippen molar-refractivity contribution in [3.8, 4) is 5.75 Å². The number of carbonyl (C=O) groups is 3. The zero-order valence-electron chi connectivity index (χ0n) is 26.6. The van der Waals surface area contributed by atoms with Crippen molar-refractivity contribution in [2.75, 3.05) is 37.7 Å². The second-order valence-corrected chi connectivity index (χ2v) is 13.0. The van der Waals surface area contributed by atoms with Crippen molar-refractivity contribution in [1.82, 2.24) is 9.80 Å². The van der Waals surface area contributed by atoms with Crippen LogP contribution in [0.5, 0.6) is 5.75 Å². The van der Waals surface area contributed by atoms with Crippen LogP contribution in [0.1, 0.15) is 65.7 Å². The molecule has 3 amide bonds. The van der Waals surface area contributed by atoms with Crippen LogP contribution < -0.4 is 9.64 Å². The normalized spacial score (nSPS) is 31.1. The number of amides is 3. The van der Waals surface area contributed by atoms with Gasteiger partial charge < -0.3 is 29.3 Å². The van der Waals surface area contributed by atoms with E-state index >= 15 is 0 Å². The van der Waals surface area contributed by atoms with Crippen molar-refractivity contribution in [3.63, 3.8) is 0 Å². The first-order chi connectivity index (χ1) is 21.2. The molecule has 3 saturated heterocycles. The van der Waals surface area contributed by atoms with Crippen LogP contribution in [-0.4, -0.2) is 88.8 Å². The van der Waals surface area contributed by atoms with E-state index in [1.807, 2.05) is 43.0 Å². The Labute approximate surface area is 261 Å². The fourth-order valence-electron chi connectivity index (χ4n) is 8.49. The van der Waals surface area contributed by atoms with Crippen LogP contribution in [0.15, 0.2) is 49.6 Å². The Kier molecular flexibility index (Phi) is 9.56. The van der Waals surface area contributed by atoms with E-state index in [1.54, 1.807) is 22.0 Å². The summed E-state index contributed by atoms with van der Waals surface area (Å²) in [5, 5.41) is 9.75. The van der Waals surface area contributed by atoms with Crippen molar-refractivity contribution in [1.29, 1.82) is 0 Å². The fourth-order valence-corrected chi connectivity index (χ4v) is 8.49. The average molecular weight is 608 g/mol. The van der Waals surface area contributed by atoms with Gasteiger partial charge in [0.2, 0.25) is 17.7 Å². The van der Waals surface area contributed by atoms with Gasteiger partial charge in [-0.2, -0.15) is 0 Å².